The highest BCUT2D eigenvalue weighted by Gasteiger charge is 2.26. The SMILES string of the molecule is CC(C)(C)c1cc(-c2cc(-c3ccc4c5ccccc5n(-c5cc(-c6ccccc6)cc(-c6ccccc6)c5)c4c3)ccn2)cc(-c2cccc3c2nc(-c2ccccc2O)n3-c2cc(C(C)(C)C)cc(C(C)(C)C)c2)c1. The Balaban J connectivity index is 1.02. The van der Waals surface area contributed by atoms with Crippen LogP contribution in [0.15, 0.2) is 219 Å². The lowest BCUT2D eigenvalue weighted by Gasteiger charge is -2.27. The van der Waals surface area contributed by atoms with E-state index in [1.165, 1.54) is 49.7 Å². The zero-order chi connectivity index (χ0) is 53.4. The van der Waals surface area contributed by atoms with E-state index >= 15 is 0 Å². The maximum Gasteiger partial charge on any atom is 0.149 e. The van der Waals surface area contributed by atoms with E-state index in [1.54, 1.807) is 6.07 Å². The Kier molecular flexibility index (Phi) is 12.0. The first-order chi connectivity index (χ1) is 37.0. The van der Waals surface area contributed by atoms with Gasteiger partial charge in [-0.2, -0.15) is 0 Å². The van der Waals surface area contributed by atoms with Crippen LogP contribution < -0.4 is 0 Å². The average Bonchev–Trinajstić information content (AvgIpc) is 4.14. The number of benzene rings is 9. The summed E-state index contributed by atoms with van der Waals surface area (Å²) in [5.41, 5.74) is 21.1. The van der Waals surface area contributed by atoms with Crippen molar-refractivity contribution in [3.05, 3.63) is 235 Å². The van der Waals surface area contributed by atoms with Gasteiger partial charge in [-0.25, -0.2) is 4.98 Å². The molecule has 0 bridgehead atoms. The molecule has 77 heavy (non-hydrogen) atoms. The fourth-order valence-electron chi connectivity index (χ4n) is 10.9. The van der Waals surface area contributed by atoms with Crippen molar-refractivity contribution in [3.63, 3.8) is 0 Å². The van der Waals surface area contributed by atoms with Crippen LogP contribution in [0.5, 0.6) is 5.75 Å². The Morgan fingerprint density at radius 3 is 1.55 bits per heavy atom. The minimum atomic E-state index is -0.177. The number of hydrogen-bond donors (Lipinski definition) is 1. The zero-order valence-electron chi connectivity index (χ0n) is 45.5. The van der Waals surface area contributed by atoms with Gasteiger partial charge in [0, 0.05) is 39.5 Å². The number of fused-ring (bicyclic) bond motifs is 4. The van der Waals surface area contributed by atoms with Gasteiger partial charge >= 0.3 is 0 Å². The van der Waals surface area contributed by atoms with Crippen LogP contribution in [0.2, 0.25) is 0 Å². The monoisotopic (exact) mass is 1000 g/mol. The van der Waals surface area contributed by atoms with Gasteiger partial charge in [0.25, 0.3) is 0 Å². The topological polar surface area (TPSA) is 55.9 Å². The molecule has 12 rings (SSSR count). The lowest BCUT2D eigenvalue weighted by Crippen LogP contribution is -2.17. The average molecular weight is 1000 g/mol. The number of para-hydroxylation sites is 3. The summed E-state index contributed by atoms with van der Waals surface area (Å²) in [5.74, 6) is 0.876. The minimum Gasteiger partial charge on any atom is -0.507 e. The molecule has 3 heterocycles. The third-order valence-corrected chi connectivity index (χ3v) is 15.3. The highest BCUT2D eigenvalue weighted by molar-refractivity contribution is 6.10. The molecule has 0 spiro atoms. The van der Waals surface area contributed by atoms with Crippen molar-refractivity contribution in [1.82, 2.24) is 19.1 Å². The number of aromatic nitrogens is 4. The number of pyridine rings is 1. The standard InChI is InChI=1S/C72H64N4O/c1-70(2,3)54-37-52(59-27-20-29-65-68(59)74-69(62-26-17-19-30-67(62)77)76(65)58-44-55(71(4,5)6)43-56(45-58)72(7,8)9)36-53(38-54)63-41-49(33-34-73-63)48-31-32-61-60-25-16-18-28-64(60)75(66(61)42-48)57-39-50(46-21-12-10-13-22-46)35-51(40-57)47-23-14-11-15-24-47/h10-45,77H,1-9H3. The first-order valence-corrected chi connectivity index (χ1v) is 26.8. The molecule has 0 fully saturated rings. The summed E-state index contributed by atoms with van der Waals surface area (Å²) in [5, 5.41) is 13.9. The van der Waals surface area contributed by atoms with Crippen LogP contribution in [0.4, 0.5) is 0 Å². The van der Waals surface area contributed by atoms with Crippen molar-refractivity contribution < 1.29 is 5.11 Å². The number of imidazole rings is 1. The fraction of sp³-hybridized carbons (Fsp3) is 0.167. The molecule has 0 amide bonds. The quantitative estimate of drug-likeness (QED) is 0.165. The Morgan fingerprint density at radius 1 is 0.351 bits per heavy atom. The van der Waals surface area contributed by atoms with E-state index < -0.39 is 0 Å². The van der Waals surface area contributed by atoms with E-state index in [0.717, 1.165) is 67.0 Å². The summed E-state index contributed by atoms with van der Waals surface area (Å²) in [4.78, 5) is 10.6. The third kappa shape index (κ3) is 9.20. The molecule has 0 aliphatic carbocycles. The van der Waals surface area contributed by atoms with Crippen molar-refractivity contribution in [2.45, 2.75) is 78.6 Å². The predicted molar refractivity (Wildman–Crippen MR) is 324 cm³/mol. The van der Waals surface area contributed by atoms with Gasteiger partial charge in [0.1, 0.15) is 11.6 Å². The van der Waals surface area contributed by atoms with E-state index in [4.69, 9.17) is 9.97 Å². The summed E-state index contributed by atoms with van der Waals surface area (Å²) >= 11 is 0. The molecule has 0 saturated heterocycles. The molecule has 1 N–H and O–H groups in total. The number of aromatic hydroxyl groups is 1. The molecule has 9 aromatic carbocycles. The Hall–Kier alpha value is -8.80. The Bertz CT molecular complexity index is 4120. The number of phenolic OH excluding ortho intramolecular Hbond substituents is 1. The second-order valence-corrected chi connectivity index (χ2v) is 23.8. The molecular weight excluding hydrogens is 937 g/mol. The van der Waals surface area contributed by atoms with Crippen LogP contribution >= 0.6 is 0 Å². The maximum atomic E-state index is 11.5. The molecule has 378 valence electrons. The number of hydrogen-bond acceptors (Lipinski definition) is 3. The number of nitrogens with zero attached hydrogens (tertiary/aromatic N) is 4. The summed E-state index contributed by atoms with van der Waals surface area (Å²) < 4.78 is 4.68. The maximum absolute atomic E-state index is 11.5. The van der Waals surface area contributed by atoms with Gasteiger partial charge in [-0.3, -0.25) is 9.55 Å². The largest absolute Gasteiger partial charge is 0.507 e. The van der Waals surface area contributed by atoms with Crippen LogP contribution in [0.25, 0.3) is 111 Å². The Morgan fingerprint density at radius 2 is 0.883 bits per heavy atom. The molecule has 0 aliphatic heterocycles. The Labute approximate surface area is 452 Å². The lowest BCUT2D eigenvalue weighted by molar-refractivity contribution is 0.477. The van der Waals surface area contributed by atoms with E-state index in [2.05, 4.69) is 260 Å². The summed E-state index contributed by atoms with van der Waals surface area (Å²) in [6.45, 7) is 20.4. The van der Waals surface area contributed by atoms with Gasteiger partial charge in [-0.15, -0.1) is 0 Å². The minimum absolute atomic E-state index is 0.100. The highest BCUT2D eigenvalue weighted by Crippen LogP contribution is 2.43. The van der Waals surface area contributed by atoms with Crippen LogP contribution in [0.3, 0.4) is 0 Å². The first kappa shape index (κ1) is 49.1. The first-order valence-electron chi connectivity index (χ1n) is 26.8. The van der Waals surface area contributed by atoms with Crippen LogP contribution in [-0.2, 0) is 16.2 Å². The molecule has 5 heteroatoms. The molecule has 0 radical (unpaired) electrons. The fourth-order valence-corrected chi connectivity index (χ4v) is 10.9. The molecule has 5 nitrogen and oxygen atoms in total. The molecule has 0 aliphatic rings. The van der Waals surface area contributed by atoms with Crippen LogP contribution in [0.1, 0.15) is 79.0 Å². The van der Waals surface area contributed by atoms with Gasteiger partial charge < -0.3 is 9.67 Å². The van der Waals surface area contributed by atoms with Gasteiger partial charge in [0.2, 0.25) is 0 Å². The predicted octanol–water partition coefficient (Wildman–Crippen LogP) is 19.1. The molecular formula is C72H64N4O. The van der Waals surface area contributed by atoms with Crippen molar-refractivity contribution in [1.29, 1.82) is 0 Å². The molecule has 0 atom stereocenters. The van der Waals surface area contributed by atoms with Crippen LogP contribution in [-0.4, -0.2) is 24.2 Å². The molecule has 3 aromatic heterocycles. The highest BCUT2D eigenvalue weighted by atomic mass is 16.3. The van der Waals surface area contributed by atoms with E-state index in [9.17, 15) is 5.11 Å². The molecule has 0 saturated carbocycles. The van der Waals surface area contributed by atoms with Crippen molar-refractivity contribution in [3.8, 4) is 84.3 Å². The van der Waals surface area contributed by atoms with E-state index in [0.29, 0.717) is 11.4 Å². The van der Waals surface area contributed by atoms with Gasteiger partial charge in [-0.1, -0.05) is 190 Å². The summed E-state index contributed by atoms with van der Waals surface area (Å²) in [6, 6.07) is 76.2. The van der Waals surface area contributed by atoms with Crippen molar-refractivity contribution in [2.75, 3.05) is 0 Å². The smallest absolute Gasteiger partial charge is 0.149 e. The van der Waals surface area contributed by atoms with Crippen molar-refractivity contribution in [2.24, 2.45) is 0 Å². The summed E-state index contributed by atoms with van der Waals surface area (Å²) in [7, 11) is 0. The zero-order valence-corrected chi connectivity index (χ0v) is 45.5. The second kappa shape index (κ2) is 18.8. The normalized spacial score (nSPS) is 12.3. The number of phenols is 1. The third-order valence-electron chi connectivity index (χ3n) is 15.3. The van der Waals surface area contributed by atoms with Gasteiger partial charge in [0.15, 0.2) is 0 Å². The van der Waals surface area contributed by atoms with Gasteiger partial charge in [0.05, 0.1) is 33.3 Å². The van der Waals surface area contributed by atoms with E-state index in [-0.39, 0.29) is 22.0 Å². The molecule has 12 aromatic rings. The molecule has 0 unspecified atom stereocenters. The lowest BCUT2D eigenvalue weighted by atomic mass is 9.80. The summed E-state index contributed by atoms with van der Waals surface area (Å²) in [6.07, 6.45) is 1.95. The van der Waals surface area contributed by atoms with Crippen LogP contribution in [0, 0.1) is 0 Å². The number of rotatable bonds is 8. The second-order valence-electron chi connectivity index (χ2n) is 23.8. The van der Waals surface area contributed by atoms with Crippen molar-refractivity contribution >= 4 is 32.8 Å². The van der Waals surface area contributed by atoms with E-state index in [1.807, 2.05) is 24.4 Å². The van der Waals surface area contributed by atoms with Gasteiger partial charge in [-0.05, 0) is 157 Å².